The van der Waals surface area contributed by atoms with Gasteiger partial charge in [0.25, 0.3) is 0 Å². The summed E-state index contributed by atoms with van der Waals surface area (Å²) in [6.07, 6.45) is 1.89. The predicted molar refractivity (Wildman–Crippen MR) is 59.9 cm³/mol. The van der Waals surface area contributed by atoms with E-state index < -0.39 is 5.97 Å². The van der Waals surface area contributed by atoms with Crippen molar-refractivity contribution in [1.29, 1.82) is 0 Å². The van der Waals surface area contributed by atoms with E-state index in [1.54, 1.807) is 11.9 Å². The van der Waals surface area contributed by atoms with Gasteiger partial charge in [0, 0.05) is 19.5 Å². The molecule has 5 heteroatoms. The van der Waals surface area contributed by atoms with Crippen LogP contribution in [0.15, 0.2) is 0 Å². The van der Waals surface area contributed by atoms with Crippen molar-refractivity contribution >= 4 is 23.6 Å². The first-order chi connectivity index (χ1) is 7.11. The van der Waals surface area contributed by atoms with Crippen LogP contribution in [0.3, 0.4) is 0 Å². The molecule has 0 radical (unpaired) electrons. The Hall–Kier alpha value is -0.710. The second kappa shape index (κ2) is 6.00. The summed E-state index contributed by atoms with van der Waals surface area (Å²) in [6.45, 7) is 0.317. The molecule has 0 aliphatic carbocycles. The van der Waals surface area contributed by atoms with Gasteiger partial charge in [-0.1, -0.05) is 0 Å². The van der Waals surface area contributed by atoms with Crippen LogP contribution in [0.2, 0.25) is 0 Å². The Balaban J connectivity index is 2.33. The van der Waals surface area contributed by atoms with Crippen LogP contribution < -0.4 is 0 Å². The zero-order chi connectivity index (χ0) is 11.3. The summed E-state index contributed by atoms with van der Waals surface area (Å²) in [5.74, 6) is 1.46. The van der Waals surface area contributed by atoms with Gasteiger partial charge in [0.05, 0.1) is 6.42 Å². The van der Waals surface area contributed by atoms with E-state index >= 15 is 0 Å². The van der Waals surface area contributed by atoms with Crippen LogP contribution >= 0.6 is 11.8 Å². The molecule has 86 valence electrons. The summed E-state index contributed by atoms with van der Waals surface area (Å²) in [5, 5.41) is 8.51. The summed E-state index contributed by atoms with van der Waals surface area (Å²) < 4.78 is 0. The number of carbonyl (C=O) groups excluding carboxylic acids is 1. The minimum atomic E-state index is -0.853. The topological polar surface area (TPSA) is 57.6 Å². The summed E-state index contributed by atoms with van der Waals surface area (Å²) in [7, 11) is 1.69. The van der Waals surface area contributed by atoms with Crippen LogP contribution in [-0.2, 0) is 9.59 Å². The van der Waals surface area contributed by atoms with Crippen molar-refractivity contribution in [3.05, 3.63) is 0 Å². The van der Waals surface area contributed by atoms with Crippen molar-refractivity contribution in [2.45, 2.75) is 19.3 Å². The molecule has 1 N–H and O–H groups in total. The van der Waals surface area contributed by atoms with Gasteiger partial charge in [-0.25, -0.2) is 0 Å². The van der Waals surface area contributed by atoms with Crippen molar-refractivity contribution in [1.82, 2.24) is 4.90 Å². The van der Waals surface area contributed by atoms with Gasteiger partial charge in [-0.15, -0.1) is 0 Å². The Bertz CT molecular complexity index is 239. The van der Waals surface area contributed by atoms with Gasteiger partial charge >= 0.3 is 5.97 Å². The zero-order valence-corrected chi connectivity index (χ0v) is 9.76. The summed E-state index contributed by atoms with van der Waals surface area (Å²) >= 11 is 1.88. The third kappa shape index (κ3) is 4.11. The van der Waals surface area contributed by atoms with Gasteiger partial charge < -0.3 is 10.0 Å². The van der Waals surface area contributed by atoms with Crippen LogP contribution in [0, 0.1) is 5.92 Å². The Labute approximate surface area is 94.0 Å². The fourth-order valence-electron chi connectivity index (χ4n) is 1.63. The molecule has 1 rings (SSSR count). The largest absolute Gasteiger partial charge is 0.481 e. The number of amides is 1. The Kier molecular flexibility index (Phi) is 4.94. The lowest BCUT2D eigenvalue weighted by atomic mass is 10.0. The molecule has 15 heavy (non-hydrogen) atoms. The average molecular weight is 231 g/mol. The minimum absolute atomic E-state index is 0.0315. The van der Waals surface area contributed by atoms with Crippen molar-refractivity contribution in [3.63, 3.8) is 0 Å². The average Bonchev–Trinajstić information content (AvgIpc) is 2.26. The molecular formula is C10H17NO3S. The van der Waals surface area contributed by atoms with E-state index in [2.05, 4.69) is 0 Å². The maximum Gasteiger partial charge on any atom is 0.305 e. The van der Waals surface area contributed by atoms with Crippen LogP contribution in [0.5, 0.6) is 0 Å². The van der Waals surface area contributed by atoms with Crippen molar-refractivity contribution in [2.24, 2.45) is 5.92 Å². The van der Waals surface area contributed by atoms with Gasteiger partial charge in [0.2, 0.25) is 5.91 Å². The maximum atomic E-state index is 11.8. The Morgan fingerprint density at radius 2 is 2.00 bits per heavy atom. The molecule has 0 spiro atoms. The Morgan fingerprint density at radius 3 is 2.53 bits per heavy atom. The van der Waals surface area contributed by atoms with E-state index in [0.29, 0.717) is 6.54 Å². The third-order valence-corrected chi connectivity index (χ3v) is 3.66. The Morgan fingerprint density at radius 1 is 1.40 bits per heavy atom. The maximum absolute atomic E-state index is 11.8. The number of nitrogens with zero attached hydrogens (tertiary/aromatic N) is 1. The van der Waals surface area contributed by atoms with E-state index in [-0.39, 0.29) is 18.2 Å². The predicted octanol–water partition coefficient (Wildman–Crippen LogP) is 1.06. The molecule has 4 nitrogen and oxygen atoms in total. The molecule has 0 aromatic carbocycles. The zero-order valence-electron chi connectivity index (χ0n) is 8.94. The molecule has 1 heterocycles. The minimum Gasteiger partial charge on any atom is -0.481 e. The molecule has 0 bridgehead atoms. The number of carboxylic acid groups (broad SMARTS) is 1. The van der Waals surface area contributed by atoms with Crippen molar-refractivity contribution < 1.29 is 14.7 Å². The highest BCUT2D eigenvalue weighted by Crippen LogP contribution is 2.24. The van der Waals surface area contributed by atoms with E-state index in [9.17, 15) is 9.59 Å². The lowest BCUT2D eigenvalue weighted by molar-refractivity contribution is -0.139. The first-order valence-corrected chi connectivity index (χ1v) is 6.31. The molecular weight excluding hydrogens is 214 g/mol. The van der Waals surface area contributed by atoms with E-state index in [4.69, 9.17) is 5.11 Å². The fraction of sp³-hybridized carbons (Fsp3) is 0.800. The fourth-order valence-corrected chi connectivity index (χ4v) is 2.74. The second-order valence-corrected chi connectivity index (χ2v) is 5.01. The number of carboxylic acids is 1. The van der Waals surface area contributed by atoms with Gasteiger partial charge in [-0.05, 0) is 24.3 Å². The quantitative estimate of drug-likeness (QED) is 0.786. The molecule has 1 aliphatic rings. The summed E-state index contributed by atoms with van der Waals surface area (Å²) in [6, 6.07) is 0. The van der Waals surface area contributed by atoms with Crippen LogP contribution in [0.25, 0.3) is 0 Å². The van der Waals surface area contributed by atoms with Crippen LogP contribution in [0.1, 0.15) is 19.3 Å². The molecule has 0 atom stereocenters. The van der Waals surface area contributed by atoms with Crippen molar-refractivity contribution in [2.75, 3.05) is 25.1 Å². The molecule has 0 aromatic rings. The molecule has 0 aromatic heterocycles. The molecule has 0 unspecified atom stereocenters. The van der Waals surface area contributed by atoms with Crippen molar-refractivity contribution in [3.8, 4) is 0 Å². The standard InChI is InChI=1S/C10H17NO3S/c1-11(5-2-9(12)13)10(14)8-3-6-15-7-4-8/h8H,2-7H2,1H3,(H,12,13). The monoisotopic (exact) mass is 231 g/mol. The SMILES string of the molecule is CN(CCC(=O)O)C(=O)C1CCSCC1. The van der Waals surface area contributed by atoms with E-state index in [1.165, 1.54) is 0 Å². The first-order valence-electron chi connectivity index (χ1n) is 5.15. The summed E-state index contributed by atoms with van der Waals surface area (Å²) in [5.41, 5.74) is 0. The highest BCUT2D eigenvalue weighted by atomic mass is 32.2. The number of carbonyl (C=O) groups is 2. The lowest BCUT2D eigenvalue weighted by Crippen LogP contribution is -2.36. The normalized spacial score (nSPS) is 17.4. The van der Waals surface area contributed by atoms with Gasteiger partial charge in [-0.3, -0.25) is 9.59 Å². The lowest BCUT2D eigenvalue weighted by Gasteiger charge is -2.25. The number of aliphatic carboxylic acids is 1. The molecule has 1 fully saturated rings. The number of thioether (sulfide) groups is 1. The van der Waals surface area contributed by atoms with Gasteiger partial charge in [0.1, 0.15) is 0 Å². The number of hydrogen-bond donors (Lipinski definition) is 1. The molecule has 1 aliphatic heterocycles. The van der Waals surface area contributed by atoms with Crippen LogP contribution in [0.4, 0.5) is 0 Å². The highest BCUT2D eigenvalue weighted by molar-refractivity contribution is 7.99. The highest BCUT2D eigenvalue weighted by Gasteiger charge is 2.24. The molecule has 1 saturated heterocycles. The molecule has 1 amide bonds. The van der Waals surface area contributed by atoms with Gasteiger partial charge in [-0.2, -0.15) is 11.8 Å². The second-order valence-electron chi connectivity index (χ2n) is 3.79. The van der Waals surface area contributed by atoms with E-state index in [0.717, 1.165) is 24.3 Å². The smallest absolute Gasteiger partial charge is 0.305 e. The van der Waals surface area contributed by atoms with Gasteiger partial charge in [0.15, 0.2) is 0 Å². The van der Waals surface area contributed by atoms with Crippen LogP contribution in [-0.4, -0.2) is 47.0 Å². The number of rotatable bonds is 4. The first kappa shape index (κ1) is 12.4. The third-order valence-electron chi connectivity index (χ3n) is 2.61. The van der Waals surface area contributed by atoms with E-state index in [1.807, 2.05) is 11.8 Å². The summed E-state index contributed by atoms with van der Waals surface area (Å²) in [4.78, 5) is 23.7. The molecule has 0 saturated carbocycles. The number of hydrogen-bond acceptors (Lipinski definition) is 3.